The third-order valence-corrected chi connectivity index (χ3v) is 6.34. The number of esters is 2. The van der Waals surface area contributed by atoms with Gasteiger partial charge in [0.15, 0.2) is 5.12 Å². The number of thioether (sulfide) groups is 1. The highest BCUT2D eigenvalue weighted by atomic mass is 32.2. The van der Waals surface area contributed by atoms with Crippen LogP contribution in [0.2, 0.25) is 0 Å². The Bertz CT molecular complexity index is 779. The molecule has 2 unspecified atom stereocenters. The predicted molar refractivity (Wildman–Crippen MR) is 119 cm³/mol. The summed E-state index contributed by atoms with van der Waals surface area (Å²) in [6.07, 6.45) is 2.30. The molecule has 0 spiro atoms. The van der Waals surface area contributed by atoms with Crippen LogP contribution in [0.5, 0.6) is 0 Å². The van der Waals surface area contributed by atoms with E-state index in [1.54, 1.807) is 32.9 Å². The number of amides is 1. The molecule has 1 N–H and O–H groups in total. The van der Waals surface area contributed by atoms with Crippen LogP contribution in [-0.2, 0) is 23.9 Å². The van der Waals surface area contributed by atoms with Crippen molar-refractivity contribution >= 4 is 34.7 Å². The Balaban J connectivity index is 1.97. The quantitative estimate of drug-likeness (QED) is 0.517. The van der Waals surface area contributed by atoms with E-state index in [2.05, 4.69) is 5.32 Å². The van der Waals surface area contributed by atoms with Crippen molar-refractivity contribution in [3.63, 3.8) is 0 Å². The van der Waals surface area contributed by atoms with Gasteiger partial charge in [-0.25, -0.2) is 4.79 Å². The molecule has 0 bridgehead atoms. The van der Waals surface area contributed by atoms with Crippen molar-refractivity contribution in [1.82, 2.24) is 5.32 Å². The lowest BCUT2D eigenvalue weighted by Gasteiger charge is -2.36. The van der Waals surface area contributed by atoms with Crippen LogP contribution in [0.15, 0.2) is 24.3 Å². The van der Waals surface area contributed by atoms with Crippen LogP contribution in [-0.4, -0.2) is 48.0 Å². The Morgan fingerprint density at radius 1 is 1.06 bits per heavy atom. The van der Waals surface area contributed by atoms with Gasteiger partial charge in [-0.1, -0.05) is 23.9 Å². The maximum Gasteiger partial charge on any atom is 0.328 e. The van der Waals surface area contributed by atoms with E-state index in [1.165, 1.54) is 11.8 Å². The lowest BCUT2D eigenvalue weighted by molar-refractivity contribution is -0.146. The zero-order valence-electron chi connectivity index (χ0n) is 18.3. The van der Waals surface area contributed by atoms with Gasteiger partial charge in [0.1, 0.15) is 6.04 Å². The summed E-state index contributed by atoms with van der Waals surface area (Å²) in [5.41, 5.74) is 1.59. The van der Waals surface area contributed by atoms with Crippen LogP contribution in [0.25, 0.3) is 0 Å². The monoisotopic (exact) mass is 449 g/mol. The minimum absolute atomic E-state index is 0.0118. The Labute approximate surface area is 187 Å². The van der Waals surface area contributed by atoms with Gasteiger partial charge in [-0.3, -0.25) is 14.4 Å². The minimum Gasteiger partial charge on any atom is -0.466 e. The normalized spacial score (nSPS) is 18.4. The van der Waals surface area contributed by atoms with E-state index >= 15 is 0 Å². The predicted octanol–water partition coefficient (Wildman–Crippen LogP) is 3.46. The highest BCUT2D eigenvalue weighted by Crippen LogP contribution is 2.44. The van der Waals surface area contributed by atoms with Gasteiger partial charge < -0.3 is 14.8 Å². The Kier molecular flexibility index (Phi) is 10.0. The molecule has 170 valence electrons. The summed E-state index contributed by atoms with van der Waals surface area (Å²) in [6.45, 7) is 5.42. The maximum absolute atomic E-state index is 12.7. The standard InChI is InChI=1S/C23H31NO6S/c1-4-29-21(26)13-12-20(23(28)30-5-2)24-22(27)17-8-6-16(7-9-17)19-11-10-18(19)14-31-15(3)25/h6-9,18-20H,4-5,10-14H2,1-3H3,(H,24,27)/t18?,19?,20-/m0/s1. The van der Waals surface area contributed by atoms with E-state index in [0.717, 1.165) is 24.2 Å². The van der Waals surface area contributed by atoms with Gasteiger partial charge in [0.2, 0.25) is 0 Å². The highest BCUT2D eigenvalue weighted by molar-refractivity contribution is 8.13. The number of ether oxygens (including phenoxy) is 2. The van der Waals surface area contributed by atoms with Gasteiger partial charge in [-0.05, 0) is 62.6 Å². The maximum atomic E-state index is 12.7. The lowest BCUT2D eigenvalue weighted by atomic mass is 9.71. The molecule has 1 fully saturated rings. The summed E-state index contributed by atoms with van der Waals surface area (Å²) in [5, 5.41) is 2.81. The average Bonchev–Trinajstić information content (AvgIpc) is 2.71. The van der Waals surface area contributed by atoms with E-state index in [1.807, 2.05) is 12.1 Å². The molecular weight excluding hydrogens is 418 g/mol. The summed E-state index contributed by atoms with van der Waals surface area (Å²) in [4.78, 5) is 47.7. The summed E-state index contributed by atoms with van der Waals surface area (Å²) in [7, 11) is 0. The van der Waals surface area contributed by atoms with Crippen LogP contribution in [0, 0.1) is 5.92 Å². The van der Waals surface area contributed by atoms with Crippen LogP contribution in [0.1, 0.15) is 68.3 Å². The van der Waals surface area contributed by atoms with Gasteiger partial charge in [0, 0.05) is 24.7 Å². The average molecular weight is 450 g/mol. The molecule has 0 saturated heterocycles. The Morgan fingerprint density at radius 3 is 2.29 bits per heavy atom. The fraction of sp³-hybridized carbons (Fsp3) is 0.565. The highest BCUT2D eigenvalue weighted by Gasteiger charge is 2.32. The van der Waals surface area contributed by atoms with Crippen LogP contribution in [0.4, 0.5) is 0 Å². The summed E-state index contributed by atoms with van der Waals surface area (Å²) in [5.74, 6) is 0.311. The van der Waals surface area contributed by atoms with Gasteiger partial charge >= 0.3 is 11.9 Å². The molecule has 0 heterocycles. The third kappa shape index (κ3) is 7.69. The van der Waals surface area contributed by atoms with Gasteiger partial charge in [-0.2, -0.15) is 0 Å². The van der Waals surface area contributed by atoms with Gasteiger partial charge in [-0.15, -0.1) is 0 Å². The molecule has 31 heavy (non-hydrogen) atoms. The summed E-state index contributed by atoms with van der Waals surface area (Å²) < 4.78 is 9.91. The first-order chi connectivity index (χ1) is 14.8. The molecule has 1 aliphatic carbocycles. The minimum atomic E-state index is -0.920. The fourth-order valence-electron chi connectivity index (χ4n) is 3.54. The van der Waals surface area contributed by atoms with E-state index in [9.17, 15) is 19.2 Å². The molecule has 0 aromatic heterocycles. The van der Waals surface area contributed by atoms with E-state index < -0.39 is 23.9 Å². The molecule has 1 aromatic rings. The zero-order valence-corrected chi connectivity index (χ0v) is 19.2. The van der Waals surface area contributed by atoms with Crippen molar-refractivity contribution in [2.24, 2.45) is 5.92 Å². The number of benzene rings is 1. The first-order valence-corrected chi connectivity index (χ1v) is 11.7. The smallest absolute Gasteiger partial charge is 0.328 e. The molecular formula is C23H31NO6S. The number of nitrogens with one attached hydrogen (secondary N) is 1. The number of carbonyl (C=O) groups is 4. The van der Waals surface area contributed by atoms with Gasteiger partial charge in [0.05, 0.1) is 13.2 Å². The van der Waals surface area contributed by atoms with E-state index in [-0.39, 0.29) is 31.2 Å². The number of hydrogen-bond donors (Lipinski definition) is 1. The van der Waals surface area contributed by atoms with Crippen molar-refractivity contribution in [2.75, 3.05) is 19.0 Å². The fourth-order valence-corrected chi connectivity index (χ4v) is 4.39. The molecule has 8 heteroatoms. The SMILES string of the molecule is CCOC(=O)CC[C@H](NC(=O)c1ccc(C2CCC2CSC(C)=O)cc1)C(=O)OCC. The first-order valence-electron chi connectivity index (χ1n) is 10.7. The van der Waals surface area contributed by atoms with Crippen LogP contribution in [0.3, 0.4) is 0 Å². The van der Waals surface area contributed by atoms with Gasteiger partial charge in [0.25, 0.3) is 5.91 Å². The number of rotatable bonds is 11. The van der Waals surface area contributed by atoms with E-state index in [4.69, 9.17) is 9.47 Å². The second-order valence-corrected chi connectivity index (χ2v) is 8.69. The first kappa shape index (κ1) is 24.9. The van der Waals surface area contributed by atoms with Crippen LogP contribution >= 0.6 is 11.8 Å². The topological polar surface area (TPSA) is 98.8 Å². The lowest BCUT2D eigenvalue weighted by Crippen LogP contribution is -2.42. The second-order valence-electron chi connectivity index (χ2n) is 7.49. The zero-order chi connectivity index (χ0) is 22.8. The number of hydrogen-bond acceptors (Lipinski definition) is 7. The number of carbonyl (C=O) groups excluding carboxylic acids is 4. The molecule has 7 nitrogen and oxygen atoms in total. The second kappa shape index (κ2) is 12.5. The molecule has 1 aliphatic rings. The van der Waals surface area contributed by atoms with Crippen molar-refractivity contribution < 1.29 is 28.7 Å². The van der Waals surface area contributed by atoms with Crippen molar-refractivity contribution in [3.05, 3.63) is 35.4 Å². The molecule has 0 aliphatic heterocycles. The Hall–Kier alpha value is -2.35. The molecule has 2 rings (SSSR count). The van der Waals surface area contributed by atoms with Crippen molar-refractivity contribution in [1.29, 1.82) is 0 Å². The molecule has 1 amide bonds. The molecule has 1 aromatic carbocycles. The third-order valence-electron chi connectivity index (χ3n) is 5.34. The molecule has 0 radical (unpaired) electrons. The molecule has 3 atom stereocenters. The molecule has 1 saturated carbocycles. The Morgan fingerprint density at radius 2 is 1.74 bits per heavy atom. The summed E-state index contributed by atoms with van der Waals surface area (Å²) in [6, 6.07) is 6.43. The summed E-state index contributed by atoms with van der Waals surface area (Å²) >= 11 is 1.36. The van der Waals surface area contributed by atoms with Crippen LogP contribution < -0.4 is 5.32 Å². The van der Waals surface area contributed by atoms with E-state index in [0.29, 0.717) is 17.4 Å². The van der Waals surface area contributed by atoms with Crippen molar-refractivity contribution in [3.8, 4) is 0 Å². The van der Waals surface area contributed by atoms with Crippen molar-refractivity contribution in [2.45, 2.75) is 58.4 Å². The largest absolute Gasteiger partial charge is 0.466 e.